The van der Waals surface area contributed by atoms with E-state index in [1.165, 1.54) is 23.8 Å². The Balaban J connectivity index is 0.000000793. The number of halogens is 3. The molecule has 1 aromatic heterocycles. The van der Waals surface area contributed by atoms with E-state index in [0.717, 1.165) is 48.6 Å². The van der Waals surface area contributed by atoms with E-state index in [0.29, 0.717) is 17.7 Å². The van der Waals surface area contributed by atoms with Crippen LogP contribution in [0.5, 0.6) is 5.75 Å². The number of thioether (sulfide) groups is 1. The molecule has 0 saturated carbocycles. The maximum Gasteiger partial charge on any atom is 0.573 e. The van der Waals surface area contributed by atoms with E-state index in [-0.39, 0.29) is 18.6 Å². The molecule has 41 heavy (non-hydrogen) atoms. The zero-order valence-corrected chi connectivity index (χ0v) is 23.7. The third-order valence-corrected chi connectivity index (χ3v) is 5.93. The van der Waals surface area contributed by atoms with E-state index >= 15 is 0 Å². The Morgan fingerprint density at radius 2 is 1.73 bits per heavy atom. The lowest BCUT2D eigenvalue weighted by molar-refractivity contribution is -0.274. The number of hydrogen-bond donors (Lipinski definition) is 5. The summed E-state index contributed by atoms with van der Waals surface area (Å²) in [6.07, 6.45) is 8.22. The van der Waals surface area contributed by atoms with Crippen LogP contribution in [0.3, 0.4) is 0 Å². The number of aryl methyl sites for hydroxylation is 1. The first-order valence-electron chi connectivity index (χ1n) is 12.4. The fourth-order valence-electron chi connectivity index (χ4n) is 2.94. The number of aldehydes is 1. The first kappa shape index (κ1) is 36.8. The van der Waals surface area contributed by atoms with Gasteiger partial charge in [-0.15, -0.1) is 24.9 Å². The smallest absolute Gasteiger partial charge is 0.406 e. The molecule has 226 valence electrons. The molecule has 14 heteroatoms. The van der Waals surface area contributed by atoms with Crippen LogP contribution < -0.4 is 33.1 Å². The summed E-state index contributed by atoms with van der Waals surface area (Å²) in [6.45, 7) is 0. The molecule has 2 aromatic rings. The molecule has 0 aliphatic rings. The number of hydrazone groups is 1. The van der Waals surface area contributed by atoms with Crippen molar-refractivity contribution in [2.75, 3.05) is 12.8 Å². The van der Waals surface area contributed by atoms with Crippen LogP contribution >= 0.6 is 11.8 Å². The number of aromatic nitrogens is 1. The number of rotatable bonds is 13. The molecule has 10 nitrogen and oxygen atoms in total. The molecule has 1 aromatic carbocycles. The zero-order valence-electron chi connectivity index (χ0n) is 22.8. The van der Waals surface area contributed by atoms with Crippen LogP contribution in [0.25, 0.3) is 0 Å². The standard InChI is InChI=1S/C17H28N6S.C9H7F3O2.CH3NO/c1-21-16(19)7-6-15(18)4-2-3-5-17(23-20)24-13-10-14-8-11-22-12-9-14;10-9(11,12)14-8-3-1-2-7(6-8)4-5-13;2-1-3/h6-9,11-12,21H,2-5,10,13,18-20H2,1H3;1-3,5-6H,4H2;1H,(H2,2,3)/b15-6-,16-7+,23-17-;;. The molecule has 0 bridgehead atoms. The van der Waals surface area contributed by atoms with Crippen molar-refractivity contribution in [1.82, 2.24) is 10.3 Å². The van der Waals surface area contributed by atoms with Crippen molar-refractivity contribution in [2.45, 2.75) is 44.9 Å². The second-order valence-corrected chi connectivity index (χ2v) is 9.17. The molecule has 1 amide bonds. The number of allylic oxidation sites excluding steroid dienone is 3. The van der Waals surface area contributed by atoms with Crippen LogP contribution in [0.15, 0.2) is 77.6 Å². The minimum atomic E-state index is -4.69. The van der Waals surface area contributed by atoms with Crippen LogP contribution in [0.4, 0.5) is 13.2 Å². The lowest BCUT2D eigenvalue weighted by atomic mass is 10.1. The van der Waals surface area contributed by atoms with Gasteiger partial charge in [0, 0.05) is 37.3 Å². The van der Waals surface area contributed by atoms with Crippen LogP contribution in [0.2, 0.25) is 0 Å². The normalized spacial score (nSPS) is 11.8. The number of carbonyl (C=O) groups is 2. The lowest BCUT2D eigenvalue weighted by Gasteiger charge is -2.08. The third-order valence-electron chi connectivity index (χ3n) is 4.88. The van der Waals surface area contributed by atoms with E-state index in [2.05, 4.69) is 25.9 Å². The molecular formula is C27H38F3N7O3S. The van der Waals surface area contributed by atoms with Gasteiger partial charge in [-0.2, -0.15) is 5.10 Å². The number of amides is 1. The number of primary amides is 1. The second-order valence-electron chi connectivity index (χ2n) is 8.00. The molecule has 0 spiro atoms. The highest BCUT2D eigenvalue weighted by Gasteiger charge is 2.31. The number of unbranched alkanes of at least 4 members (excludes halogenated alkanes) is 1. The Morgan fingerprint density at radius 3 is 2.32 bits per heavy atom. The largest absolute Gasteiger partial charge is 0.573 e. The molecule has 2 rings (SSSR count). The fraction of sp³-hybridized carbons (Fsp3) is 0.333. The SMILES string of the molecule is CN/C(N)=C/C=C(\N)CCCC/C(=N/N)SCCc1ccncc1.NC=O.O=CCc1cccc(OC(F)(F)F)c1. The first-order chi connectivity index (χ1) is 19.6. The summed E-state index contributed by atoms with van der Waals surface area (Å²) in [5.74, 6) is 6.74. The minimum Gasteiger partial charge on any atom is -0.406 e. The van der Waals surface area contributed by atoms with Crippen molar-refractivity contribution < 1.29 is 27.5 Å². The van der Waals surface area contributed by atoms with E-state index in [9.17, 15) is 18.0 Å². The van der Waals surface area contributed by atoms with Gasteiger partial charge >= 0.3 is 6.36 Å². The summed E-state index contributed by atoms with van der Waals surface area (Å²) >= 11 is 1.72. The molecule has 0 atom stereocenters. The van der Waals surface area contributed by atoms with Crippen LogP contribution in [-0.4, -0.2) is 41.9 Å². The number of benzene rings is 1. The van der Waals surface area contributed by atoms with Crippen LogP contribution in [-0.2, 0) is 22.4 Å². The topological polar surface area (TPSA) is 185 Å². The number of alkyl halides is 3. The van der Waals surface area contributed by atoms with Crippen molar-refractivity contribution in [1.29, 1.82) is 0 Å². The minimum absolute atomic E-state index is 0.0784. The van der Waals surface area contributed by atoms with Gasteiger partial charge in [0.05, 0.1) is 10.9 Å². The average molecular weight is 598 g/mol. The average Bonchev–Trinajstić information content (AvgIpc) is 2.94. The van der Waals surface area contributed by atoms with Crippen molar-refractivity contribution >= 4 is 29.5 Å². The van der Waals surface area contributed by atoms with Gasteiger partial charge in [0.25, 0.3) is 0 Å². The summed E-state index contributed by atoms with van der Waals surface area (Å²) in [7, 11) is 1.77. The maximum absolute atomic E-state index is 11.8. The highest BCUT2D eigenvalue weighted by molar-refractivity contribution is 8.13. The number of nitrogens with one attached hydrogen (secondary N) is 1. The number of hydrogen-bond acceptors (Lipinski definition) is 10. The molecule has 1 heterocycles. The van der Waals surface area contributed by atoms with E-state index < -0.39 is 6.36 Å². The summed E-state index contributed by atoms with van der Waals surface area (Å²) in [4.78, 5) is 22.7. The van der Waals surface area contributed by atoms with Gasteiger partial charge in [0.2, 0.25) is 6.41 Å². The Kier molecular flexibility index (Phi) is 20.3. The third kappa shape index (κ3) is 21.3. The Hall–Kier alpha value is -4.20. The summed E-state index contributed by atoms with van der Waals surface area (Å²) in [6, 6.07) is 9.38. The predicted molar refractivity (Wildman–Crippen MR) is 157 cm³/mol. The number of pyridine rings is 1. The molecule has 0 unspecified atom stereocenters. The van der Waals surface area contributed by atoms with Crippen LogP contribution in [0, 0.1) is 0 Å². The molecule has 0 radical (unpaired) electrons. The molecule has 0 saturated heterocycles. The second kappa shape index (κ2) is 22.6. The number of ether oxygens (including phenoxy) is 1. The highest BCUT2D eigenvalue weighted by Crippen LogP contribution is 2.23. The van der Waals surface area contributed by atoms with Gasteiger partial charge in [-0.1, -0.05) is 12.1 Å². The van der Waals surface area contributed by atoms with Gasteiger partial charge in [-0.05, 0) is 79.6 Å². The fourth-order valence-corrected chi connectivity index (χ4v) is 3.88. The van der Waals surface area contributed by atoms with E-state index in [1.54, 1.807) is 31.0 Å². The van der Waals surface area contributed by atoms with Crippen molar-refractivity contribution in [3.05, 3.63) is 83.6 Å². The predicted octanol–water partition coefficient (Wildman–Crippen LogP) is 3.48. The van der Waals surface area contributed by atoms with Crippen LogP contribution in [0.1, 0.15) is 36.8 Å². The molecule has 9 N–H and O–H groups in total. The van der Waals surface area contributed by atoms with Gasteiger partial charge in [-0.25, -0.2) is 0 Å². The Bertz CT molecular complexity index is 1100. The Labute approximate surface area is 242 Å². The van der Waals surface area contributed by atoms with E-state index in [4.69, 9.17) is 22.1 Å². The first-order valence-corrected chi connectivity index (χ1v) is 13.4. The monoisotopic (exact) mass is 597 g/mol. The molecular weight excluding hydrogens is 559 g/mol. The maximum atomic E-state index is 11.8. The highest BCUT2D eigenvalue weighted by atomic mass is 32.2. The van der Waals surface area contributed by atoms with Crippen molar-refractivity contribution in [3.8, 4) is 5.75 Å². The molecule has 0 aliphatic carbocycles. The number of nitrogens with two attached hydrogens (primary N) is 4. The van der Waals surface area contributed by atoms with Gasteiger partial charge in [0.1, 0.15) is 12.0 Å². The van der Waals surface area contributed by atoms with Gasteiger partial charge in [0.15, 0.2) is 0 Å². The van der Waals surface area contributed by atoms with E-state index in [1.807, 2.05) is 30.6 Å². The summed E-state index contributed by atoms with van der Waals surface area (Å²) in [5.41, 5.74) is 18.3. The van der Waals surface area contributed by atoms with Gasteiger partial charge < -0.3 is 37.9 Å². The quantitative estimate of drug-likeness (QED) is 0.0438. The summed E-state index contributed by atoms with van der Waals surface area (Å²) in [5, 5.41) is 7.73. The van der Waals surface area contributed by atoms with Gasteiger partial charge in [-0.3, -0.25) is 9.78 Å². The van der Waals surface area contributed by atoms with Crippen molar-refractivity contribution in [3.63, 3.8) is 0 Å². The number of carbonyl (C=O) groups excluding carboxylic acids is 2. The lowest BCUT2D eigenvalue weighted by Crippen LogP contribution is -2.17. The molecule has 0 fully saturated rings. The number of nitrogens with zero attached hydrogens (tertiary/aromatic N) is 2. The van der Waals surface area contributed by atoms with Crippen molar-refractivity contribution in [2.24, 2.45) is 28.1 Å². The molecule has 0 aliphatic heterocycles. The Morgan fingerprint density at radius 1 is 1.07 bits per heavy atom. The zero-order chi connectivity index (χ0) is 30.9. The summed E-state index contributed by atoms with van der Waals surface area (Å²) < 4.78 is 39.0.